The van der Waals surface area contributed by atoms with Crippen LogP contribution in [-0.2, 0) is 20.7 Å². The van der Waals surface area contributed by atoms with E-state index in [2.05, 4.69) is 23.0 Å². The summed E-state index contributed by atoms with van der Waals surface area (Å²) in [5.41, 5.74) is 2.03. The Morgan fingerprint density at radius 1 is 0.971 bits per heavy atom. The van der Waals surface area contributed by atoms with Gasteiger partial charge in [0.25, 0.3) is 0 Å². The van der Waals surface area contributed by atoms with Crippen molar-refractivity contribution in [1.82, 2.24) is 9.97 Å². The van der Waals surface area contributed by atoms with Gasteiger partial charge in [0.05, 0.1) is 24.9 Å². The van der Waals surface area contributed by atoms with Crippen LogP contribution >= 0.6 is 0 Å². The summed E-state index contributed by atoms with van der Waals surface area (Å²) in [6, 6.07) is 7.96. The minimum atomic E-state index is -0.317. The Balaban J connectivity index is 1.72. The molecule has 6 nitrogen and oxygen atoms in total. The average Bonchev–Trinajstić information content (AvgIpc) is 2.82. The molecule has 1 aromatic heterocycles. The molecule has 1 aromatic carbocycles. The molecule has 1 atom stereocenters. The molecular formula is C28H38N2O4. The number of nitrogens with zero attached hydrogens (tertiary/aromatic N) is 2. The van der Waals surface area contributed by atoms with Gasteiger partial charge in [-0.15, -0.1) is 0 Å². The predicted molar refractivity (Wildman–Crippen MR) is 134 cm³/mol. The van der Waals surface area contributed by atoms with Gasteiger partial charge in [-0.25, -0.2) is 9.97 Å². The Hall–Kier alpha value is -3.02. The maximum atomic E-state index is 12.0. The van der Waals surface area contributed by atoms with Gasteiger partial charge in [-0.05, 0) is 38.2 Å². The number of carbonyl (C=O) groups is 2. The quantitative estimate of drug-likeness (QED) is 0.166. The highest BCUT2D eigenvalue weighted by Gasteiger charge is 2.08. The van der Waals surface area contributed by atoms with Gasteiger partial charge in [0.1, 0.15) is 0 Å². The lowest BCUT2D eigenvalue weighted by molar-refractivity contribution is -0.145. The van der Waals surface area contributed by atoms with E-state index in [-0.39, 0.29) is 24.5 Å². The lowest BCUT2D eigenvalue weighted by Gasteiger charge is -2.11. The van der Waals surface area contributed by atoms with Crippen LogP contribution in [0.25, 0.3) is 11.4 Å². The van der Waals surface area contributed by atoms with Gasteiger partial charge in [0.2, 0.25) is 0 Å². The number of allylic oxidation sites excluding steroid dienone is 1. The number of hydrogen-bond acceptors (Lipinski definition) is 6. The molecule has 0 N–H and O–H groups in total. The average molecular weight is 467 g/mol. The van der Waals surface area contributed by atoms with Crippen LogP contribution in [0.1, 0.15) is 84.1 Å². The summed E-state index contributed by atoms with van der Waals surface area (Å²) in [5.74, 6) is 0.338. The molecule has 0 saturated heterocycles. The molecule has 0 saturated carbocycles. The molecule has 0 amide bonds. The lowest BCUT2D eigenvalue weighted by Crippen LogP contribution is -2.12. The summed E-state index contributed by atoms with van der Waals surface area (Å²) in [4.78, 5) is 31.7. The van der Waals surface area contributed by atoms with E-state index in [0.29, 0.717) is 11.6 Å². The van der Waals surface area contributed by atoms with E-state index >= 15 is 0 Å². The first-order valence-corrected chi connectivity index (χ1v) is 12.4. The highest BCUT2D eigenvalue weighted by atomic mass is 16.5. The fraction of sp³-hybridized carbons (Fsp3) is 0.500. The summed E-state index contributed by atoms with van der Waals surface area (Å²) < 4.78 is 10.5. The third-order valence-corrected chi connectivity index (χ3v) is 5.45. The SMILES string of the molecule is CCCCCCCC/C=C\CC(=O)Oc1cnc(-c2ccc(CCC(C)OC(C)=O)cc2)nc1. The second-order valence-corrected chi connectivity index (χ2v) is 8.60. The molecule has 0 radical (unpaired) electrons. The molecule has 0 fully saturated rings. The molecule has 1 heterocycles. The van der Waals surface area contributed by atoms with Crippen LogP contribution in [0.2, 0.25) is 0 Å². The molecule has 1 unspecified atom stereocenters. The standard InChI is InChI=1S/C28H38N2O4/c1-4-5-6-7-8-9-10-11-12-13-27(32)34-26-20-29-28(30-21-26)25-18-16-24(17-19-25)15-14-22(2)33-23(3)31/h11-12,16-22H,4-10,13-15H2,1-3H3/b12-11-. The van der Waals surface area contributed by atoms with Crippen molar-refractivity contribution < 1.29 is 19.1 Å². The fourth-order valence-electron chi connectivity index (χ4n) is 3.56. The van der Waals surface area contributed by atoms with E-state index in [1.807, 2.05) is 37.3 Å². The van der Waals surface area contributed by atoms with E-state index in [1.165, 1.54) is 57.8 Å². The number of aryl methyl sites for hydroxylation is 1. The second-order valence-electron chi connectivity index (χ2n) is 8.60. The fourth-order valence-corrected chi connectivity index (χ4v) is 3.56. The number of aromatic nitrogens is 2. The van der Waals surface area contributed by atoms with Gasteiger partial charge in [0.15, 0.2) is 11.6 Å². The molecule has 2 aromatic rings. The third-order valence-electron chi connectivity index (χ3n) is 5.45. The van der Waals surface area contributed by atoms with Gasteiger partial charge in [-0.2, -0.15) is 0 Å². The van der Waals surface area contributed by atoms with Crippen molar-refractivity contribution in [2.45, 2.75) is 91.1 Å². The van der Waals surface area contributed by atoms with Crippen LogP contribution in [0.3, 0.4) is 0 Å². The molecule has 0 aliphatic heterocycles. The lowest BCUT2D eigenvalue weighted by atomic mass is 10.1. The monoisotopic (exact) mass is 466 g/mol. The van der Waals surface area contributed by atoms with Gasteiger partial charge in [-0.3, -0.25) is 9.59 Å². The van der Waals surface area contributed by atoms with Crippen molar-refractivity contribution in [2.75, 3.05) is 0 Å². The first-order valence-electron chi connectivity index (χ1n) is 12.4. The first-order chi connectivity index (χ1) is 16.5. The summed E-state index contributed by atoms with van der Waals surface area (Å²) >= 11 is 0. The van der Waals surface area contributed by atoms with Crippen LogP contribution in [0.4, 0.5) is 0 Å². The van der Waals surface area contributed by atoms with Crippen LogP contribution in [0, 0.1) is 0 Å². The minimum absolute atomic E-state index is 0.105. The Bertz CT molecular complexity index is 892. The minimum Gasteiger partial charge on any atom is -0.463 e. The third kappa shape index (κ3) is 11.2. The molecule has 184 valence electrons. The number of esters is 2. The second kappa shape index (κ2) is 15.8. The first kappa shape index (κ1) is 27.2. The summed E-state index contributed by atoms with van der Waals surface area (Å²) in [6.45, 7) is 5.54. The van der Waals surface area contributed by atoms with Crippen molar-refractivity contribution in [1.29, 1.82) is 0 Å². The highest BCUT2D eigenvalue weighted by molar-refractivity contribution is 5.73. The van der Waals surface area contributed by atoms with Crippen LogP contribution in [0.15, 0.2) is 48.8 Å². The molecule has 6 heteroatoms. The van der Waals surface area contributed by atoms with Crippen LogP contribution < -0.4 is 4.74 Å². The zero-order valence-corrected chi connectivity index (χ0v) is 20.8. The van der Waals surface area contributed by atoms with E-state index in [1.54, 1.807) is 0 Å². The summed E-state index contributed by atoms with van der Waals surface area (Å²) in [6.07, 6.45) is 17.3. The molecule has 0 aliphatic rings. The van der Waals surface area contributed by atoms with Gasteiger partial charge in [-0.1, -0.05) is 75.4 Å². The number of benzene rings is 1. The molecule has 2 rings (SSSR count). The zero-order valence-electron chi connectivity index (χ0n) is 20.8. The van der Waals surface area contributed by atoms with Crippen LogP contribution in [-0.4, -0.2) is 28.0 Å². The van der Waals surface area contributed by atoms with Crippen molar-refractivity contribution in [3.63, 3.8) is 0 Å². The van der Waals surface area contributed by atoms with E-state index in [4.69, 9.17) is 9.47 Å². The smallest absolute Gasteiger partial charge is 0.315 e. The summed E-state index contributed by atoms with van der Waals surface area (Å²) in [5, 5.41) is 0. The van der Waals surface area contributed by atoms with Crippen molar-refractivity contribution in [3.05, 3.63) is 54.4 Å². The highest BCUT2D eigenvalue weighted by Crippen LogP contribution is 2.19. The molecule has 34 heavy (non-hydrogen) atoms. The Kier molecular flexibility index (Phi) is 12.6. The van der Waals surface area contributed by atoms with Gasteiger partial charge >= 0.3 is 11.9 Å². The maximum absolute atomic E-state index is 12.0. The van der Waals surface area contributed by atoms with Gasteiger partial charge in [0, 0.05) is 12.5 Å². The number of hydrogen-bond donors (Lipinski definition) is 0. The Morgan fingerprint density at radius 3 is 2.32 bits per heavy atom. The molecule has 0 spiro atoms. The normalized spacial score (nSPS) is 12.0. The molecular weight excluding hydrogens is 428 g/mol. The zero-order chi connectivity index (χ0) is 24.6. The van der Waals surface area contributed by atoms with E-state index < -0.39 is 0 Å². The van der Waals surface area contributed by atoms with Gasteiger partial charge < -0.3 is 9.47 Å². The topological polar surface area (TPSA) is 78.4 Å². The van der Waals surface area contributed by atoms with Crippen molar-refractivity contribution in [2.24, 2.45) is 0 Å². The van der Waals surface area contributed by atoms with E-state index in [9.17, 15) is 9.59 Å². The van der Waals surface area contributed by atoms with Crippen LogP contribution in [0.5, 0.6) is 5.75 Å². The van der Waals surface area contributed by atoms with Crippen molar-refractivity contribution >= 4 is 11.9 Å². The predicted octanol–water partition coefficient (Wildman–Crippen LogP) is 6.63. The van der Waals surface area contributed by atoms with Crippen molar-refractivity contribution in [3.8, 4) is 17.1 Å². The maximum Gasteiger partial charge on any atom is 0.315 e. The van der Waals surface area contributed by atoms with E-state index in [0.717, 1.165) is 30.4 Å². The number of rotatable bonds is 15. The number of carbonyl (C=O) groups excluding carboxylic acids is 2. The number of unbranched alkanes of at least 4 members (excludes halogenated alkanes) is 6. The molecule has 0 aliphatic carbocycles. The molecule has 0 bridgehead atoms. The Labute approximate surface area is 203 Å². The largest absolute Gasteiger partial charge is 0.463 e. The summed E-state index contributed by atoms with van der Waals surface area (Å²) in [7, 11) is 0. The Morgan fingerprint density at radius 2 is 1.65 bits per heavy atom. The number of ether oxygens (including phenoxy) is 2.